The second-order valence-electron chi connectivity index (χ2n) is 4.09. The number of nitrogens with zero attached hydrogens (tertiary/aromatic N) is 2. The molecule has 0 saturated heterocycles. The molecule has 1 unspecified atom stereocenters. The molecular weight excluding hydrogens is 218 g/mol. The summed E-state index contributed by atoms with van der Waals surface area (Å²) in [6.07, 6.45) is 1.69. The van der Waals surface area contributed by atoms with Gasteiger partial charge >= 0.3 is 0 Å². The van der Waals surface area contributed by atoms with Crippen LogP contribution in [0.5, 0.6) is 0 Å². The molecule has 1 rings (SSSR count). The molecule has 0 spiro atoms. The lowest BCUT2D eigenvalue weighted by molar-refractivity contribution is 0.0217. The van der Waals surface area contributed by atoms with Gasteiger partial charge in [-0.2, -0.15) is 4.98 Å². The number of nitrogens with one attached hydrogen (secondary N) is 1. The number of aromatic nitrogens is 2. The topological polar surface area (TPSA) is 60.2 Å². The third-order valence-electron chi connectivity index (χ3n) is 2.25. The lowest BCUT2D eigenvalue weighted by Crippen LogP contribution is -2.14. The Morgan fingerprint density at radius 2 is 2.29 bits per heavy atom. The monoisotopic (exact) mass is 239 g/mol. The molecule has 1 atom stereocenters. The van der Waals surface area contributed by atoms with Gasteiger partial charge in [-0.05, 0) is 12.8 Å². The first kappa shape index (κ1) is 13.9. The van der Waals surface area contributed by atoms with E-state index < -0.39 is 0 Å². The average molecular weight is 239 g/mol. The van der Waals surface area contributed by atoms with Crippen LogP contribution < -0.4 is 5.32 Å². The first-order chi connectivity index (χ1) is 8.19. The van der Waals surface area contributed by atoms with E-state index >= 15 is 0 Å². The van der Waals surface area contributed by atoms with Gasteiger partial charge in [0, 0.05) is 13.2 Å². The van der Waals surface area contributed by atoms with Gasteiger partial charge in [-0.3, -0.25) is 0 Å². The Morgan fingerprint density at radius 1 is 1.53 bits per heavy atom. The minimum absolute atomic E-state index is 0.100. The van der Waals surface area contributed by atoms with Gasteiger partial charge in [0.15, 0.2) is 0 Å². The van der Waals surface area contributed by atoms with E-state index in [1.165, 1.54) is 0 Å². The van der Waals surface area contributed by atoms with Crippen LogP contribution in [0.25, 0.3) is 0 Å². The molecule has 0 aliphatic carbocycles. The highest BCUT2D eigenvalue weighted by Gasteiger charge is 2.21. The van der Waals surface area contributed by atoms with Crippen molar-refractivity contribution in [2.45, 2.75) is 33.4 Å². The average Bonchev–Trinajstić information content (AvgIpc) is 2.74. The molecule has 0 fully saturated rings. The van der Waals surface area contributed by atoms with E-state index in [1.54, 1.807) is 6.08 Å². The predicted octanol–water partition coefficient (Wildman–Crippen LogP) is 2.08. The third kappa shape index (κ3) is 4.28. The molecule has 0 amide bonds. The second-order valence-corrected chi connectivity index (χ2v) is 4.09. The number of ether oxygens (including phenoxy) is 1. The van der Waals surface area contributed by atoms with Crippen LogP contribution in [0.1, 0.15) is 38.6 Å². The largest absolute Gasteiger partial charge is 0.370 e. The Morgan fingerprint density at radius 3 is 2.88 bits per heavy atom. The van der Waals surface area contributed by atoms with Crippen molar-refractivity contribution in [3.05, 3.63) is 24.4 Å². The summed E-state index contributed by atoms with van der Waals surface area (Å²) in [5, 5.41) is 7.07. The smallest absolute Gasteiger partial charge is 0.240 e. The molecule has 17 heavy (non-hydrogen) atoms. The van der Waals surface area contributed by atoms with Gasteiger partial charge < -0.3 is 14.6 Å². The van der Waals surface area contributed by atoms with E-state index in [0.717, 1.165) is 6.54 Å². The zero-order valence-electron chi connectivity index (χ0n) is 10.8. The molecule has 0 saturated carbocycles. The van der Waals surface area contributed by atoms with Crippen LogP contribution in [0.3, 0.4) is 0 Å². The summed E-state index contributed by atoms with van der Waals surface area (Å²) < 4.78 is 10.8. The van der Waals surface area contributed by atoms with Crippen LogP contribution in [0.2, 0.25) is 0 Å². The van der Waals surface area contributed by atoms with Crippen LogP contribution >= 0.6 is 0 Å². The van der Waals surface area contributed by atoms with Crippen LogP contribution in [0.15, 0.2) is 17.2 Å². The lowest BCUT2D eigenvalue weighted by Gasteiger charge is -2.16. The van der Waals surface area contributed by atoms with Crippen LogP contribution in [-0.2, 0) is 11.3 Å². The zero-order chi connectivity index (χ0) is 12.7. The standard InChI is InChI=1S/C12H21N3O2/c1-5-7-13-8-10-14-12(15-17-10)11(9(3)4)16-6-2/h5,9,11,13H,1,6-8H2,2-4H3. The maximum absolute atomic E-state index is 5.61. The van der Waals surface area contributed by atoms with Gasteiger partial charge in [0.05, 0.1) is 6.54 Å². The van der Waals surface area contributed by atoms with Gasteiger partial charge in [-0.15, -0.1) is 6.58 Å². The van der Waals surface area contributed by atoms with Crippen LogP contribution in [0, 0.1) is 5.92 Å². The van der Waals surface area contributed by atoms with Gasteiger partial charge in [0.1, 0.15) is 6.10 Å². The van der Waals surface area contributed by atoms with Crippen molar-refractivity contribution in [2.24, 2.45) is 5.92 Å². The summed E-state index contributed by atoms with van der Waals surface area (Å²) in [7, 11) is 0. The molecule has 0 bridgehead atoms. The molecule has 0 aliphatic heterocycles. The maximum Gasteiger partial charge on any atom is 0.240 e. The quantitative estimate of drug-likeness (QED) is 0.556. The van der Waals surface area contributed by atoms with E-state index in [4.69, 9.17) is 9.26 Å². The number of hydrogen-bond donors (Lipinski definition) is 1. The molecule has 0 radical (unpaired) electrons. The molecule has 5 nitrogen and oxygen atoms in total. The lowest BCUT2D eigenvalue weighted by atomic mass is 10.1. The first-order valence-electron chi connectivity index (χ1n) is 5.94. The molecule has 1 aromatic heterocycles. The Hall–Kier alpha value is -1.20. The highest BCUT2D eigenvalue weighted by molar-refractivity contribution is 4.93. The maximum atomic E-state index is 5.61. The zero-order valence-corrected chi connectivity index (χ0v) is 10.8. The van der Waals surface area contributed by atoms with E-state index in [2.05, 4.69) is 35.9 Å². The van der Waals surface area contributed by atoms with Crippen molar-refractivity contribution in [3.63, 3.8) is 0 Å². The number of hydrogen-bond acceptors (Lipinski definition) is 5. The Bertz CT molecular complexity index is 336. The van der Waals surface area contributed by atoms with Gasteiger partial charge in [0.25, 0.3) is 0 Å². The summed E-state index contributed by atoms with van der Waals surface area (Å²) in [5.41, 5.74) is 0. The fourth-order valence-corrected chi connectivity index (χ4v) is 1.48. The van der Waals surface area contributed by atoms with Crippen LogP contribution in [0.4, 0.5) is 0 Å². The molecule has 1 heterocycles. The summed E-state index contributed by atoms with van der Waals surface area (Å²) in [5.74, 6) is 1.52. The molecule has 1 aromatic rings. The molecular formula is C12H21N3O2. The van der Waals surface area contributed by atoms with Crippen molar-refractivity contribution in [3.8, 4) is 0 Å². The summed E-state index contributed by atoms with van der Waals surface area (Å²) in [6, 6.07) is 0. The van der Waals surface area contributed by atoms with Gasteiger partial charge in [-0.1, -0.05) is 25.1 Å². The summed E-state index contributed by atoms with van der Waals surface area (Å²) >= 11 is 0. The fraction of sp³-hybridized carbons (Fsp3) is 0.667. The summed E-state index contributed by atoms with van der Waals surface area (Å²) in [6.45, 7) is 11.6. The van der Waals surface area contributed by atoms with Crippen LogP contribution in [-0.4, -0.2) is 23.3 Å². The number of rotatable bonds is 8. The first-order valence-corrected chi connectivity index (χ1v) is 5.94. The van der Waals surface area contributed by atoms with Crippen molar-refractivity contribution in [1.29, 1.82) is 0 Å². The Balaban J connectivity index is 2.60. The Kier molecular flexibility index (Phi) is 5.86. The van der Waals surface area contributed by atoms with Crippen molar-refractivity contribution in [1.82, 2.24) is 15.5 Å². The van der Waals surface area contributed by atoms with E-state index in [1.807, 2.05) is 6.92 Å². The molecule has 0 aliphatic rings. The second kappa shape index (κ2) is 7.19. The van der Waals surface area contributed by atoms with E-state index in [9.17, 15) is 0 Å². The minimum Gasteiger partial charge on any atom is -0.370 e. The molecule has 0 aromatic carbocycles. The minimum atomic E-state index is -0.100. The van der Waals surface area contributed by atoms with E-state index in [-0.39, 0.29) is 6.10 Å². The van der Waals surface area contributed by atoms with Crippen molar-refractivity contribution < 1.29 is 9.26 Å². The van der Waals surface area contributed by atoms with Gasteiger partial charge in [0.2, 0.25) is 11.7 Å². The molecule has 5 heteroatoms. The fourth-order valence-electron chi connectivity index (χ4n) is 1.48. The SMILES string of the molecule is C=CCNCc1nc(C(OCC)C(C)C)no1. The highest BCUT2D eigenvalue weighted by atomic mass is 16.5. The summed E-state index contributed by atoms with van der Waals surface area (Å²) in [4.78, 5) is 4.32. The van der Waals surface area contributed by atoms with Gasteiger partial charge in [-0.25, -0.2) is 0 Å². The highest BCUT2D eigenvalue weighted by Crippen LogP contribution is 2.22. The van der Waals surface area contributed by atoms with Crippen molar-refractivity contribution in [2.75, 3.05) is 13.2 Å². The van der Waals surface area contributed by atoms with E-state index in [0.29, 0.717) is 30.8 Å². The predicted molar refractivity (Wildman–Crippen MR) is 65.4 cm³/mol. The Labute approximate surface area is 102 Å². The normalized spacial score (nSPS) is 12.9. The third-order valence-corrected chi connectivity index (χ3v) is 2.25. The van der Waals surface area contributed by atoms with Crippen molar-refractivity contribution >= 4 is 0 Å². The molecule has 1 N–H and O–H groups in total. The molecule has 96 valence electrons.